The number of hydrogen-bond donors (Lipinski definition) is 2. The molecule has 6 heteroatoms. The number of esters is 2. The number of phenols is 1. The molecule has 0 heterocycles. The number of allylic oxidation sites excluding steroid dienone is 1. The van der Waals surface area contributed by atoms with Crippen LogP contribution in [0.1, 0.15) is 71.2 Å². The van der Waals surface area contributed by atoms with Gasteiger partial charge < -0.3 is 19.7 Å². The van der Waals surface area contributed by atoms with Crippen LogP contribution in [0.3, 0.4) is 0 Å². The standard InChI is InChI=1S/C27H36O6/c1-7-18(5)24(29)33-22-15-17(4)14-21(32-25(30)19-8-10-20(28)11-9-19)23-26(22,6)12-13-27(23,31)16(2)3/h7-11,15-16,21-23,28,31H,12-14H2,1-6H3/b18-7+/t21-,22+,23+,26+,27-/m0/s1. The van der Waals surface area contributed by atoms with E-state index in [0.717, 1.165) is 5.57 Å². The molecule has 0 bridgehead atoms. The van der Waals surface area contributed by atoms with Crippen LogP contribution < -0.4 is 0 Å². The van der Waals surface area contributed by atoms with Crippen LogP contribution in [-0.2, 0) is 14.3 Å². The van der Waals surface area contributed by atoms with Crippen LogP contribution in [0, 0.1) is 17.3 Å². The Hall–Kier alpha value is -2.60. The zero-order valence-electron chi connectivity index (χ0n) is 20.4. The van der Waals surface area contributed by atoms with Crippen LogP contribution in [0.5, 0.6) is 5.75 Å². The van der Waals surface area contributed by atoms with E-state index in [1.165, 1.54) is 24.3 Å². The maximum absolute atomic E-state index is 13.0. The third-order valence-corrected chi connectivity index (χ3v) is 7.64. The van der Waals surface area contributed by atoms with Crippen molar-refractivity contribution in [1.29, 1.82) is 0 Å². The fraction of sp³-hybridized carbons (Fsp3) is 0.556. The second kappa shape index (κ2) is 9.34. The van der Waals surface area contributed by atoms with E-state index >= 15 is 0 Å². The molecule has 0 amide bonds. The number of aromatic hydroxyl groups is 1. The fourth-order valence-corrected chi connectivity index (χ4v) is 5.42. The average molecular weight is 457 g/mol. The normalized spacial score (nSPS) is 32.1. The first kappa shape index (κ1) is 25.0. The summed E-state index contributed by atoms with van der Waals surface area (Å²) in [6, 6.07) is 5.92. The molecular formula is C27H36O6. The summed E-state index contributed by atoms with van der Waals surface area (Å²) in [5.74, 6) is -1.33. The Morgan fingerprint density at radius 3 is 2.36 bits per heavy atom. The molecule has 1 fully saturated rings. The third kappa shape index (κ3) is 4.72. The molecule has 2 N–H and O–H groups in total. The Morgan fingerprint density at radius 1 is 1.15 bits per heavy atom. The summed E-state index contributed by atoms with van der Waals surface area (Å²) in [6.07, 6.45) is 4.14. The van der Waals surface area contributed by atoms with Gasteiger partial charge in [-0.25, -0.2) is 9.59 Å². The minimum Gasteiger partial charge on any atom is -0.508 e. The molecule has 5 atom stereocenters. The molecule has 3 rings (SSSR count). The van der Waals surface area contributed by atoms with Crippen molar-refractivity contribution in [2.45, 2.75) is 78.6 Å². The highest BCUT2D eigenvalue weighted by molar-refractivity contribution is 5.89. The zero-order valence-corrected chi connectivity index (χ0v) is 20.4. The van der Waals surface area contributed by atoms with Crippen LogP contribution in [0.2, 0.25) is 0 Å². The van der Waals surface area contributed by atoms with Crippen molar-refractivity contribution in [3.63, 3.8) is 0 Å². The summed E-state index contributed by atoms with van der Waals surface area (Å²) in [5.41, 5.74) is 0.112. The van der Waals surface area contributed by atoms with Gasteiger partial charge in [0.1, 0.15) is 18.0 Å². The number of rotatable bonds is 5. The predicted molar refractivity (Wildman–Crippen MR) is 126 cm³/mol. The molecule has 2 aliphatic carbocycles. The van der Waals surface area contributed by atoms with Crippen molar-refractivity contribution < 1.29 is 29.3 Å². The van der Waals surface area contributed by atoms with E-state index in [-0.39, 0.29) is 17.6 Å². The van der Waals surface area contributed by atoms with Gasteiger partial charge in [0.15, 0.2) is 0 Å². The minimum atomic E-state index is -1.08. The van der Waals surface area contributed by atoms with Gasteiger partial charge in [-0.2, -0.15) is 0 Å². The van der Waals surface area contributed by atoms with Gasteiger partial charge in [0.2, 0.25) is 0 Å². The van der Waals surface area contributed by atoms with Gasteiger partial charge in [-0.05, 0) is 69.9 Å². The molecule has 1 aromatic carbocycles. The van der Waals surface area contributed by atoms with Gasteiger partial charge in [-0.15, -0.1) is 0 Å². The molecular weight excluding hydrogens is 420 g/mol. The lowest BCUT2D eigenvalue weighted by atomic mass is 9.66. The number of phenolic OH excluding ortho intramolecular Hbond substituents is 1. The lowest BCUT2D eigenvalue weighted by Crippen LogP contribution is -2.53. The van der Waals surface area contributed by atoms with E-state index in [1.807, 2.05) is 33.8 Å². The lowest BCUT2D eigenvalue weighted by molar-refractivity contribution is -0.159. The highest BCUT2D eigenvalue weighted by Crippen LogP contribution is 2.58. The number of carbonyl (C=O) groups is 2. The molecule has 0 radical (unpaired) electrons. The summed E-state index contributed by atoms with van der Waals surface area (Å²) in [7, 11) is 0. The Balaban J connectivity index is 2.01. The number of carbonyl (C=O) groups excluding carboxylic acids is 2. The highest BCUT2D eigenvalue weighted by Gasteiger charge is 2.63. The third-order valence-electron chi connectivity index (χ3n) is 7.64. The van der Waals surface area contributed by atoms with Crippen LogP contribution in [0.15, 0.2) is 47.6 Å². The van der Waals surface area contributed by atoms with E-state index in [2.05, 4.69) is 0 Å². The van der Waals surface area contributed by atoms with Crippen molar-refractivity contribution >= 4 is 11.9 Å². The zero-order chi connectivity index (χ0) is 24.6. The predicted octanol–water partition coefficient (Wildman–Crippen LogP) is 4.95. The SMILES string of the molecule is C/C=C(\C)C(=O)O[C@@H]1C=C(C)C[C@H](OC(=O)c2ccc(O)cc2)[C@@H]2[C@]1(C)CC[C@]2(O)C(C)C. The first-order chi connectivity index (χ1) is 15.4. The van der Waals surface area contributed by atoms with Gasteiger partial charge >= 0.3 is 11.9 Å². The summed E-state index contributed by atoms with van der Waals surface area (Å²) >= 11 is 0. The number of ether oxygens (including phenoxy) is 2. The maximum atomic E-state index is 13.0. The summed E-state index contributed by atoms with van der Waals surface area (Å²) in [5, 5.41) is 21.4. The molecule has 1 aromatic rings. The first-order valence-corrected chi connectivity index (χ1v) is 11.7. The van der Waals surface area contributed by atoms with Crippen molar-refractivity contribution in [2.75, 3.05) is 0 Å². The Bertz CT molecular complexity index is 959. The largest absolute Gasteiger partial charge is 0.508 e. The maximum Gasteiger partial charge on any atom is 0.338 e. The number of hydrogen-bond acceptors (Lipinski definition) is 6. The number of benzene rings is 1. The lowest BCUT2D eigenvalue weighted by Gasteiger charge is -2.45. The quantitative estimate of drug-likeness (QED) is 0.370. The molecule has 0 aliphatic heterocycles. The van der Waals surface area contributed by atoms with Crippen LogP contribution in [0.4, 0.5) is 0 Å². The van der Waals surface area contributed by atoms with Gasteiger partial charge in [-0.1, -0.05) is 32.4 Å². The van der Waals surface area contributed by atoms with Crippen LogP contribution in [-0.4, -0.2) is 40.0 Å². The molecule has 0 spiro atoms. The molecule has 6 nitrogen and oxygen atoms in total. The monoisotopic (exact) mass is 456 g/mol. The Kier molecular flexibility index (Phi) is 7.08. The second-order valence-corrected chi connectivity index (χ2v) is 10.1. The van der Waals surface area contributed by atoms with Crippen LogP contribution in [0.25, 0.3) is 0 Å². The minimum absolute atomic E-state index is 0.0680. The molecule has 0 unspecified atom stereocenters. The van der Waals surface area contributed by atoms with Gasteiger partial charge in [0.25, 0.3) is 0 Å². The molecule has 1 saturated carbocycles. The molecule has 33 heavy (non-hydrogen) atoms. The summed E-state index contributed by atoms with van der Waals surface area (Å²) in [4.78, 5) is 25.7. The molecule has 2 aliphatic rings. The first-order valence-electron chi connectivity index (χ1n) is 11.7. The Labute approximate surface area is 196 Å². The Morgan fingerprint density at radius 2 is 1.79 bits per heavy atom. The van der Waals surface area contributed by atoms with E-state index in [9.17, 15) is 19.8 Å². The van der Waals surface area contributed by atoms with E-state index in [4.69, 9.17) is 9.47 Å². The van der Waals surface area contributed by atoms with Crippen LogP contribution >= 0.6 is 0 Å². The number of fused-ring (bicyclic) bond motifs is 1. The summed E-state index contributed by atoms with van der Waals surface area (Å²) < 4.78 is 12.0. The van der Waals surface area contributed by atoms with E-state index in [0.29, 0.717) is 30.4 Å². The second-order valence-electron chi connectivity index (χ2n) is 10.1. The topological polar surface area (TPSA) is 93.1 Å². The summed E-state index contributed by atoms with van der Waals surface area (Å²) in [6.45, 7) is 11.4. The fourth-order valence-electron chi connectivity index (χ4n) is 5.42. The highest BCUT2D eigenvalue weighted by atomic mass is 16.6. The van der Waals surface area contributed by atoms with Crippen molar-refractivity contribution in [2.24, 2.45) is 17.3 Å². The molecule has 180 valence electrons. The number of aliphatic hydroxyl groups is 1. The smallest absolute Gasteiger partial charge is 0.338 e. The van der Waals surface area contributed by atoms with Crippen molar-refractivity contribution in [1.82, 2.24) is 0 Å². The van der Waals surface area contributed by atoms with Gasteiger partial charge in [0.05, 0.1) is 11.2 Å². The van der Waals surface area contributed by atoms with Gasteiger partial charge in [-0.3, -0.25) is 0 Å². The average Bonchev–Trinajstić information content (AvgIpc) is 3.00. The van der Waals surface area contributed by atoms with Crippen molar-refractivity contribution in [3.8, 4) is 5.75 Å². The van der Waals surface area contributed by atoms with Gasteiger partial charge in [0, 0.05) is 23.3 Å². The van der Waals surface area contributed by atoms with E-state index in [1.54, 1.807) is 19.9 Å². The van der Waals surface area contributed by atoms with Crippen molar-refractivity contribution in [3.05, 3.63) is 53.1 Å². The molecule has 0 saturated heterocycles. The van der Waals surface area contributed by atoms with E-state index < -0.39 is 35.1 Å². The molecule has 0 aromatic heterocycles.